The predicted molar refractivity (Wildman–Crippen MR) is 92.9 cm³/mol. The minimum absolute atomic E-state index is 0.0575. The summed E-state index contributed by atoms with van der Waals surface area (Å²) < 4.78 is 12.7. The van der Waals surface area contributed by atoms with Crippen LogP contribution in [0.15, 0.2) is 30.3 Å². The fourth-order valence-corrected chi connectivity index (χ4v) is 5.20. The summed E-state index contributed by atoms with van der Waals surface area (Å²) >= 11 is 0. The van der Waals surface area contributed by atoms with Crippen molar-refractivity contribution in [2.45, 2.75) is 64.1 Å². The molecule has 3 saturated carbocycles. The highest BCUT2D eigenvalue weighted by molar-refractivity contribution is 6.47. The van der Waals surface area contributed by atoms with Gasteiger partial charge in [-0.2, -0.15) is 0 Å². The summed E-state index contributed by atoms with van der Waals surface area (Å²) in [7, 11) is -0.246. The summed E-state index contributed by atoms with van der Waals surface area (Å²) in [5.74, 6) is 1.33. The molecule has 1 saturated heterocycles. The summed E-state index contributed by atoms with van der Waals surface area (Å²) in [4.78, 5) is 0. The van der Waals surface area contributed by atoms with Gasteiger partial charge in [0.2, 0.25) is 0 Å². The lowest BCUT2D eigenvalue weighted by Crippen LogP contribution is -2.65. The van der Waals surface area contributed by atoms with Crippen LogP contribution in [0.5, 0.6) is 0 Å². The van der Waals surface area contributed by atoms with E-state index in [2.05, 4.69) is 45.0 Å². The van der Waals surface area contributed by atoms with E-state index in [1.807, 2.05) is 6.07 Å². The molecule has 1 aromatic carbocycles. The molecule has 2 N–H and O–H groups in total. The van der Waals surface area contributed by atoms with Crippen LogP contribution in [-0.4, -0.2) is 24.8 Å². The van der Waals surface area contributed by atoms with E-state index in [1.165, 1.54) is 12.0 Å². The summed E-state index contributed by atoms with van der Waals surface area (Å²) in [5.41, 5.74) is 7.98. The van der Waals surface area contributed by atoms with E-state index in [0.29, 0.717) is 11.3 Å². The molecule has 3 nitrogen and oxygen atoms in total. The number of nitrogens with two attached hydrogens (primary N) is 1. The zero-order chi connectivity index (χ0) is 16.2. The number of hydrogen-bond donors (Lipinski definition) is 1. The maximum Gasteiger partial charge on any atom is 0.475 e. The lowest BCUT2D eigenvalue weighted by molar-refractivity contribution is -0.199. The maximum atomic E-state index is 6.44. The molecule has 124 valence electrons. The average Bonchev–Trinajstić information content (AvgIpc) is 2.90. The molecule has 1 aromatic rings. The molecular formula is C19H28BNO2. The number of hydrogen-bond acceptors (Lipinski definition) is 3. The van der Waals surface area contributed by atoms with Crippen molar-refractivity contribution >= 4 is 7.12 Å². The van der Waals surface area contributed by atoms with Crippen LogP contribution in [0.4, 0.5) is 0 Å². The summed E-state index contributed by atoms with van der Waals surface area (Å²) in [6, 6.07) is 10.5. The van der Waals surface area contributed by atoms with Gasteiger partial charge in [-0.1, -0.05) is 44.2 Å². The highest BCUT2D eigenvalue weighted by Gasteiger charge is 2.68. The molecule has 1 aliphatic heterocycles. The quantitative estimate of drug-likeness (QED) is 0.868. The van der Waals surface area contributed by atoms with Crippen LogP contribution >= 0.6 is 0 Å². The van der Waals surface area contributed by atoms with Crippen molar-refractivity contribution in [3.05, 3.63) is 35.9 Å². The van der Waals surface area contributed by atoms with Gasteiger partial charge in [0.25, 0.3) is 0 Å². The molecule has 4 aliphatic rings. The third kappa shape index (κ3) is 2.38. The van der Waals surface area contributed by atoms with Gasteiger partial charge >= 0.3 is 7.12 Å². The SMILES string of the molecule is CC1(C)C2CC3OB(C(N)CCc4ccccc4)OC3(C)C1C2. The fraction of sp³-hybridized carbons (Fsp3) is 0.684. The Morgan fingerprint density at radius 3 is 2.65 bits per heavy atom. The number of aryl methyl sites for hydroxylation is 1. The fourth-order valence-electron chi connectivity index (χ4n) is 5.20. The van der Waals surface area contributed by atoms with E-state index in [0.717, 1.165) is 25.2 Å². The first-order valence-corrected chi connectivity index (χ1v) is 9.04. The smallest absolute Gasteiger partial charge is 0.404 e. The van der Waals surface area contributed by atoms with E-state index in [1.54, 1.807) is 0 Å². The first kappa shape index (κ1) is 15.7. The molecule has 3 aliphatic carbocycles. The second-order valence-corrected chi connectivity index (χ2v) is 8.53. The molecule has 0 radical (unpaired) electrons. The third-order valence-corrected chi connectivity index (χ3v) is 6.93. The molecule has 1 heterocycles. The summed E-state index contributed by atoms with van der Waals surface area (Å²) in [6.07, 6.45) is 4.52. The zero-order valence-corrected chi connectivity index (χ0v) is 14.5. The largest absolute Gasteiger partial charge is 0.475 e. The van der Waals surface area contributed by atoms with Gasteiger partial charge in [0.15, 0.2) is 0 Å². The van der Waals surface area contributed by atoms with Gasteiger partial charge in [-0.25, -0.2) is 0 Å². The lowest BCUT2D eigenvalue weighted by Gasteiger charge is -2.64. The van der Waals surface area contributed by atoms with Crippen LogP contribution in [0, 0.1) is 17.3 Å². The van der Waals surface area contributed by atoms with Crippen LogP contribution in [-0.2, 0) is 15.7 Å². The minimum atomic E-state index is -0.246. The molecule has 0 aromatic heterocycles. The van der Waals surface area contributed by atoms with Crippen molar-refractivity contribution < 1.29 is 9.31 Å². The first-order valence-electron chi connectivity index (χ1n) is 9.04. The van der Waals surface area contributed by atoms with Crippen LogP contribution in [0.2, 0.25) is 0 Å². The van der Waals surface area contributed by atoms with E-state index in [-0.39, 0.29) is 24.8 Å². The third-order valence-electron chi connectivity index (χ3n) is 6.93. The monoisotopic (exact) mass is 313 g/mol. The molecule has 4 fully saturated rings. The Bertz CT molecular complexity index is 578. The molecular weight excluding hydrogens is 285 g/mol. The summed E-state index contributed by atoms with van der Waals surface area (Å²) in [6.45, 7) is 7.03. The van der Waals surface area contributed by atoms with Crippen molar-refractivity contribution in [3.8, 4) is 0 Å². The van der Waals surface area contributed by atoms with Gasteiger partial charge in [-0.15, -0.1) is 0 Å². The number of rotatable bonds is 4. The molecule has 5 unspecified atom stereocenters. The van der Waals surface area contributed by atoms with Gasteiger partial charge in [-0.05, 0) is 55.4 Å². The normalized spacial score (nSPS) is 38.8. The first-order chi connectivity index (χ1) is 10.9. The Kier molecular flexibility index (Phi) is 3.64. The van der Waals surface area contributed by atoms with Gasteiger partial charge in [0, 0.05) is 5.94 Å². The molecule has 23 heavy (non-hydrogen) atoms. The Balaban J connectivity index is 1.40. The van der Waals surface area contributed by atoms with Crippen molar-refractivity contribution in [1.82, 2.24) is 0 Å². The zero-order valence-electron chi connectivity index (χ0n) is 14.5. The van der Waals surface area contributed by atoms with Crippen LogP contribution in [0.25, 0.3) is 0 Å². The molecule has 5 rings (SSSR count). The van der Waals surface area contributed by atoms with Gasteiger partial charge in [-0.3, -0.25) is 0 Å². The number of benzene rings is 1. The van der Waals surface area contributed by atoms with Gasteiger partial charge in [0.1, 0.15) is 0 Å². The van der Waals surface area contributed by atoms with Crippen molar-refractivity contribution in [2.75, 3.05) is 0 Å². The van der Waals surface area contributed by atoms with Crippen molar-refractivity contribution in [2.24, 2.45) is 23.0 Å². The Labute approximate surface area is 140 Å². The van der Waals surface area contributed by atoms with Gasteiger partial charge < -0.3 is 15.0 Å². The highest BCUT2D eigenvalue weighted by Crippen LogP contribution is 2.65. The van der Waals surface area contributed by atoms with Gasteiger partial charge in [0.05, 0.1) is 11.7 Å². The molecule has 0 spiro atoms. The van der Waals surface area contributed by atoms with Crippen LogP contribution in [0.1, 0.15) is 45.6 Å². The van der Waals surface area contributed by atoms with Crippen LogP contribution in [0.3, 0.4) is 0 Å². The Hall–Kier alpha value is -0.835. The molecule has 2 bridgehead atoms. The van der Waals surface area contributed by atoms with Crippen molar-refractivity contribution in [1.29, 1.82) is 0 Å². The Morgan fingerprint density at radius 1 is 1.22 bits per heavy atom. The lowest BCUT2D eigenvalue weighted by atomic mass is 9.43. The average molecular weight is 313 g/mol. The second kappa shape index (κ2) is 5.33. The molecule has 4 heteroatoms. The Morgan fingerprint density at radius 2 is 1.96 bits per heavy atom. The molecule has 5 atom stereocenters. The van der Waals surface area contributed by atoms with E-state index in [4.69, 9.17) is 15.0 Å². The minimum Gasteiger partial charge on any atom is -0.404 e. The summed E-state index contributed by atoms with van der Waals surface area (Å²) in [5, 5.41) is 0. The van der Waals surface area contributed by atoms with E-state index < -0.39 is 0 Å². The van der Waals surface area contributed by atoms with Crippen LogP contribution < -0.4 is 5.73 Å². The highest BCUT2D eigenvalue weighted by atomic mass is 16.7. The maximum absolute atomic E-state index is 6.44. The standard InChI is InChI=1S/C19H28BNO2/c1-18(2)14-11-15(18)19(3)16(12-14)22-20(23-19)17(21)10-9-13-7-5-4-6-8-13/h4-8,14-17H,9-12,21H2,1-3H3. The van der Waals surface area contributed by atoms with E-state index >= 15 is 0 Å². The van der Waals surface area contributed by atoms with Crippen molar-refractivity contribution in [3.63, 3.8) is 0 Å². The van der Waals surface area contributed by atoms with E-state index in [9.17, 15) is 0 Å². The topological polar surface area (TPSA) is 44.5 Å². The molecule has 0 amide bonds. The predicted octanol–water partition coefficient (Wildman–Crippen LogP) is 3.21. The second-order valence-electron chi connectivity index (χ2n) is 8.53.